The molecule has 1 aliphatic carbocycles. The van der Waals surface area contributed by atoms with Gasteiger partial charge < -0.3 is 19.6 Å². The molecule has 4 bridgehead atoms. The molecule has 0 spiro atoms. The van der Waals surface area contributed by atoms with Crippen molar-refractivity contribution < 1.29 is 23.1 Å². The van der Waals surface area contributed by atoms with E-state index in [4.69, 9.17) is 4.74 Å². The Hall–Kier alpha value is -3.54. The second-order valence-electron chi connectivity index (χ2n) is 12.3. The van der Waals surface area contributed by atoms with Gasteiger partial charge in [0.15, 0.2) is 0 Å². The average molecular weight is 620 g/mol. The maximum atomic E-state index is 14.2. The Morgan fingerprint density at radius 2 is 1.70 bits per heavy atom. The largest absolute Gasteiger partial charge is 0.475 e. The van der Waals surface area contributed by atoms with Crippen molar-refractivity contribution >= 4 is 21.9 Å². The van der Waals surface area contributed by atoms with E-state index in [1.165, 1.54) is 12.1 Å². The Bertz CT molecular complexity index is 1610. The SMILES string of the molecule is CCC[C@@H]1COc2cc(-c3c(C)cccc3C)nc(n2)NS(=O)(=O)c2cccc(c2)C(=O)N1C1CC(N2CCC(O)CC2)C1. The topological polar surface area (TPSA) is 125 Å². The minimum absolute atomic E-state index is 0.00541. The third-order valence-electron chi connectivity index (χ3n) is 9.23. The molecule has 1 saturated carbocycles. The van der Waals surface area contributed by atoms with Crippen LogP contribution in [-0.4, -0.2) is 83.1 Å². The molecule has 0 unspecified atom stereocenters. The number of carbonyl (C=O) groups excluding carboxylic acids is 1. The zero-order valence-electron chi connectivity index (χ0n) is 25.6. The number of hydrogen-bond acceptors (Lipinski definition) is 8. The molecule has 1 aromatic heterocycles. The highest BCUT2D eigenvalue weighted by Gasteiger charge is 2.43. The summed E-state index contributed by atoms with van der Waals surface area (Å²) in [7, 11) is -4.11. The van der Waals surface area contributed by atoms with E-state index in [0.717, 1.165) is 68.3 Å². The second-order valence-corrected chi connectivity index (χ2v) is 14.0. The fourth-order valence-electron chi connectivity index (χ4n) is 6.80. The fraction of sp³-hybridized carbons (Fsp3) is 0.485. The number of aryl methyl sites for hydroxylation is 2. The zero-order chi connectivity index (χ0) is 31.0. The highest BCUT2D eigenvalue weighted by Crippen LogP contribution is 2.36. The number of ether oxygens (including phenoxy) is 1. The molecule has 1 amide bonds. The average Bonchev–Trinajstić information content (AvgIpc) is 2.97. The van der Waals surface area contributed by atoms with E-state index >= 15 is 0 Å². The molecule has 0 radical (unpaired) electrons. The first-order chi connectivity index (χ1) is 21.1. The smallest absolute Gasteiger partial charge is 0.264 e. The quantitative estimate of drug-likeness (QED) is 0.426. The lowest BCUT2D eigenvalue weighted by Gasteiger charge is -2.50. The summed E-state index contributed by atoms with van der Waals surface area (Å²) >= 11 is 0. The Kier molecular flexibility index (Phi) is 8.63. The number of nitrogens with one attached hydrogen (secondary N) is 1. The number of aliphatic hydroxyl groups is 1. The van der Waals surface area contributed by atoms with Gasteiger partial charge in [0.25, 0.3) is 15.9 Å². The summed E-state index contributed by atoms with van der Waals surface area (Å²) < 4.78 is 36.0. The first-order valence-corrected chi connectivity index (χ1v) is 17.1. The van der Waals surface area contributed by atoms with Crippen LogP contribution in [0.25, 0.3) is 11.3 Å². The molecular formula is C33H41N5O5S. The molecule has 2 fully saturated rings. The summed E-state index contributed by atoms with van der Waals surface area (Å²) in [6.45, 7) is 8.00. The third kappa shape index (κ3) is 6.18. The number of sulfonamides is 1. The lowest BCUT2D eigenvalue weighted by atomic mass is 9.81. The van der Waals surface area contributed by atoms with Crippen LogP contribution in [0.4, 0.5) is 5.95 Å². The maximum absolute atomic E-state index is 14.2. The van der Waals surface area contributed by atoms with Crippen LogP contribution in [0.2, 0.25) is 0 Å². The van der Waals surface area contributed by atoms with Gasteiger partial charge in [-0.15, -0.1) is 0 Å². The number of nitrogens with zero attached hydrogens (tertiary/aromatic N) is 4. The van der Waals surface area contributed by atoms with Crippen molar-refractivity contribution in [2.45, 2.75) is 88.4 Å². The van der Waals surface area contributed by atoms with E-state index < -0.39 is 10.0 Å². The van der Waals surface area contributed by atoms with Crippen LogP contribution in [0.15, 0.2) is 53.4 Å². The van der Waals surface area contributed by atoms with Crippen LogP contribution < -0.4 is 9.46 Å². The number of likely N-dealkylation sites (tertiary alicyclic amines) is 1. The number of benzene rings is 2. The van der Waals surface area contributed by atoms with E-state index in [9.17, 15) is 18.3 Å². The predicted molar refractivity (Wildman–Crippen MR) is 168 cm³/mol. The highest BCUT2D eigenvalue weighted by molar-refractivity contribution is 7.92. The van der Waals surface area contributed by atoms with Crippen molar-refractivity contribution in [1.29, 1.82) is 0 Å². The normalized spacial score (nSPS) is 24.2. The summed E-state index contributed by atoms with van der Waals surface area (Å²) in [5, 5.41) is 9.97. The molecular weight excluding hydrogens is 578 g/mol. The van der Waals surface area contributed by atoms with Gasteiger partial charge in [0, 0.05) is 42.4 Å². The lowest BCUT2D eigenvalue weighted by Crippen LogP contribution is -2.60. The molecule has 3 aliphatic rings. The molecule has 10 nitrogen and oxygen atoms in total. The van der Waals surface area contributed by atoms with Gasteiger partial charge in [-0.05, 0) is 75.3 Å². The molecule has 11 heteroatoms. The first-order valence-electron chi connectivity index (χ1n) is 15.6. The molecule has 2 aromatic carbocycles. The second kappa shape index (κ2) is 12.5. The van der Waals surface area contributed by atoms with Crippen molar-refractivity contribution in [3.8, 4) is 17.1 Å². The maximum Gasteiger partial charge on any atom is 0.264 e. The molecule has 2 aliphatic heterocycles. The van der Waals surface area contributed by atoms with Crippen LogP contribution in [-0.2, 0) is 10.0 Å². The number of hydrogen-bond donors (Lipinski definition) is 2. The Labute approximate surface area is 259 Å². The number of amides is 1. The molecule has 3 heterocycles. The summed E-state index contributed by atoms with van der Waals surface area (Å²) in [5.74, 6) is -0.0448. The number of piperidine rings is 1. The summed E-state index contributed by atoms with van der Waals surface area (Å²) in [5.41, 5.74) is 3.76. The number of carbonyl (C=O) groups is 1. The van der Waals surface area contributed by atoms with Crippen LogP contribution in [0.5, 0.6) is 5.88 Å². The van der Waals surface area contributed by atoms with Crippen molar-refractivity contribution in [3.05, 3.63) is 65.2 Å². The van der Waals surface area contributed by atoms with Gasteiger partial charge in [-0.3, -0.25) is 4.79 Å². The molecule has 3 aromatic rings. The van der Waals surface area contributed by atoms with E-state index in [0.29, 0.717) is 17.3 Å². The summed E-state index contributed by atoms with van der Waals surface area (Å²) in [6, 6.07) is 14.0. The van der Waals surface area contributed by atoms with Gasteiger partial charge in [0.1, 0.15) is 6.61 Å². The summed E-state index contributed by atoms with van der Waals surface area (Å²) in [6.07, 6.45) is 4.54. The zero-order valence-corrected chi connectivity index (χ0v) is 26.4. The van der Waals surface area contributed by atoms with Gasteiger partial charge in [-0.2, -0.15) is 4.98 Å². The number of aromatic nitrogens is 2. The monoisotopic (exact) mass is 619 g/mol. The van der Waals surface area contributed by atoms with Crippen LogP contribution >= 0.6 is 0 Å². The molecule has 44 heavy (non-hydrogen) atoms. The summed E-state index contributed by atoms with van der Waals surface area (Å²) in [4.78, 5) is 27.6. The number of fused-ring (bicyclic) bond motifs is 4. The third-order valence-corrected chi connectivity index (χ3v) is 10.6. The van der Waals surface area contributed by atoms with Crippen molar-refractivity contribution in [1.82, 2.24) is 19.8 Å². The van der Waals surface area contributed by atoms with Gasteiger partial charge in [0.2, 0.25) is 11.8 Å². The first kappa shape index (κ1) is 30.5. The van der Waals surface area contributed by atoms with Gasteiger partial charge >= 0.3 is 0 Å². The Morgan fingerprint density at radius 1 is 1.00 bits per heavy atom. The van der Waals surface area contributed by atoms with Crippen LogP contribution in [0, 0.1) is 13.8 Å². The Morgan fingerprint density at radius 3 is 2.41 bits per heavy atom. The van der Waals surface area contributed by atoms with Crippen molar-refractivity contribution in [2.24, 2.45) is 0 Å². The number of aliphatic hydroxyl groups excluding tert-OH is 1. The van der Waals surface area contributed by atoms with E-state index in [-0.39, 0.29) is 47.4 Å². The van der Waals surface area contributed by atoms with E-state index in [1.807, 2.05) is 36.9 Å². The minimum Gasteiger partial charge on any atom is -0.475 e. The fourth-order valence-corrected chi connectivity index (χ4v) is 7.79. The molecule has 2 N–H and O–H groups in total. The molecule has 1 saturated heterocycles. The number of rotatable bonds is 5. The Balaban J connectivity index is 1.39. The van der Waals surface area contributed by atoms with Crippen molar-refractivity contribution in [3.63, 3.8) is 0 Å². The van der Waals surface area contributed by atoms with E-state index in [2.05, 4.69) is 26.5 Å². The van der Waals surface area contributed by atoms with Gasteiger partial charge in [-0.1, -0.05) is 37.6 Å². The highest BCUT2D eigenvalue weighted by atomic mass is 32.2. The molecule has 234 valence electrons. The molecule has 6 rings (SSSR count). The standard InChI is InChI=1S/C33H41N5O5S/c1-4-7-24-20-43-30-19-29(31-21(2)8-5-9-22(31)3)34-33(35-30)36-44(41,42)28-11-6-10-23(16-28)32(40)38(24)26-17-25(18-26)37-14-12-27(39)13-15-37/h5-6,8-11,16,19,24-27,39H,4,7,12-15,17-18,20H2,1-3H3,(H,34,35,36)/t24-,25?,26?/m1/s1. The van der Waals surface area contributed by atoms with Gasteiger partial charge in [0.05, 0.1) is 22.7 Å². The van der Waals surface area contributed by atoms with Crippen molar-refractivity contribution in [2.75, 3.05) is 24.4 Å². The predicted octanol–water partition coefficient (Wildman–Crippen LogP) is 4.55. The van der Waals surface area contributed by atoms with E-state index in [1.54, 1.807) is 18.2 Å². The molecule has 1 atom stereocenters. The number of anilines is 1. The van der Waals surface area contributed by atoms with Crippen LogP contribution in [0.1, 0.15) is 66.9 Å². The van der Waals surface area contributed by atoms with Crippen LogP contribution in [0.3, 0.4) is 0 Å². The lowest BCUT2D eigenvalue weighted by molar-refractivity contribution is -0.0179. The van der Waals surface area contributed by atoms with Gasteiger partial charge in [-0.25, -0.2) is 18.1 Å². The minimum atomic E-state index is -4.11.